The van der Waals surface area contributed by atoms with Gasteiger partial charge in [0, 0.05) is 5.69 Å². The molecular formula is C23H19ClN2O3. The molecule has 0 unspecified atom stereocenters. The van der Waals surface area contributed by atoms with E-state index in [0.29, 0.717) is 33.4 Å². The molecule has 0 spiro atoms. The number of hydrogen-bond donors (Lipinski definition) is 1. The fourth-order valence-electron chi connectivity index (χ4n) is 3.06. The lowest BCUT2D eigenvalue weighted by Crippen LogP contribution is -2.20. The standard InChI is InChI=1S/C23H19ClN2O3/c1-14-7-9-20(15(2)11-14)28-13-22(27)25-16-8-10-21-19(12-16)26-23(29-21)17-5-3-4-6-18(17)24/h3-12H,13H2,1-2H3,(H,25,27). The van der Waals surface area contributed by atoms with E-state index in [1.807, 2.05) is 50.2 Å². The third-order valence-electron chi connectivity index (χ3n) is 4.46. The molecular weight excluding hydrogens is 388 g/mol. The molecule has 1 amide bonds. The minimum Gasteiger partial charge on any atom is -0.483 e. The molecule has 146 valence electrons. The molecule has 0 aliphatic rings. The minimum atomic E-state index is -0.251. The zero-order chi connectivity index (χ0) is 20.4. The van der Waals surface area contributed by atoms with Crippen LogP contribution in [-0.2, 0) is 4.79 Å². The Hall–Kier alpha value is -3.31. The molecule has 0 radical (unpaired) electrons. The van der Waals surface area contributed by atoms with Crippen LogP contribution >= 0.6 is 11.6 Å². The van der Waals surface area contributed by atoms with Crippen LogP contribution in [0.1, 0.15) is 11.1 Å². The Morgan fingerprint density at radius 3 is 2.72 bits per heavy atom. The lowest BCUT2D eigenvalue weighted by Gasteiger charge is -2.10. The Kier molecular flexibility index (Phi) is 5.23. The van der Waals surface area contributed by atoms with Gasteiger partial charge in [0.25, 0.3) is 5.91 Å². The summed E-state index contributed by atoms with van der Waals surface area (Å²) < 4.78 is 11.4. The number of ether oxygens (including phenoxy) is 1. The van der Waals surface area contributed by atoms with E-state index in [-0.39, 0.29) is 12.5 Å². The summed E-state index contributed by atoms with van der Waals surface area (Å²) in [4.78, 5) is 16.8. The molecule has 29 heavy (non-hydrogen) atoms. The Bertz CT molecular complexity index is 1200. The quantitative estimate of drug-likeness (QED) is 0.456. The Morgan fingerprint density at radius 2 is 1.93 bits per heavy atom. The molecule has 6 heteroatoms. The summed E-state index contributed by atoms with van der Waals surface area (Å²) in [6, 6.07) is 18.5. The SMILES string of the molecule is Cc1ccc(OCC(=O)Nc2ccc3oc(-c4ccccc4Cl)nc3c2)c(C)c1. The van der Waals surface area contributed by atoms with Crippen LogP contribution in [0.3, 0.4) is 0 Å². The first-order chi connectivity index (χ1) is 14.0. The zero-order valence-electron chi connectivity index (χ0n) is 16.0. The third kappa shape index (κ3) is 4.25. The highest BCUT2D eigenvalue weighted by atomic mass is 35.5. The van der Waals surface area contributed by atoms with Gasteiger partial charge in [0.2, 0.25) is 5.89 Å². The molecule has 1 heterocycles. The van der Waals surface area contributed by atoms with E-state index in [9.17, 15) is 4.79 Å². The maximum atomic E-state index is 12.3. The number of nitrogens with one attached hydrogen (secondary N) is 1. The number of oxazole rings is 1. The highest BCUT2D eigenvalue weighted by Gasteiger charge is 2.12. The van der Waals surface area contributed by atoms with E-state index in [0.717, 1.165) is 16.7 Å². The normalized spacial score (nSPS) is 10.9. The van der Waals surface area contributed by atoms with Crippen molar-refractivity contribution in [2.75, 3.05) is 11.9 Å². The number of aryl methyl sites for hydroxylation is 2. The van der Waals surface area contributed by atoms with E-state index in [1.54, 1.807) is 24.3 Å². The Morgan fingerprint density at radius 1 is 1.10 bits per heavy atom. The van der Waals surface area contributed by atoms with Gasteiger partial charge in [-0.25, -0.2) is 4.98 Å². The second kappa shape index (κ2) is 7.97. The van der Waals surface area contributed by atoms with Crippen LogP contribution in [0.5, 0.6) is 5.75 Å². The van der Waals surface area contributed by atoms with Gasteiger partial charge >= 0.3 is 0 Å². The molecule has 0 saturated heterocycles. The molecule has 0 saturated carbocycles. The third-order valence-corrected chi connectivity index (χ3v) is 4.79. The van der Waals surface area contributed by atoms with Gasteiger partial charge < -0.3 is 14.5 Å². The van der Waals surface area contributed by atoms with Crippen molar-refractivity contribution < 1.29 is 13.9 Å². The summed E-state index contributed by atoms with van der Waals surface area (Å²) in [5.74, 6) is 0.883. The number of halogens is 1. The average molecular weight is 407 g/mol. The van der Waals surface area contributed by atoms with E-state index in [1.165, 1.54) is 0 Å². The van der Waals surface area contributed by atoms with Gasteiger partial charge in [0.05, 0.1) is 10.6 Å². The van der Waals surface area contributed by atoms with Crippen LogP contribution in [0.4, 0.5) is 5.69 Å². The summed E-state index contributed by atoms with van der Waals surface area (Å²) >= 11 is 6.22. The number of hydrogen-bond acceptors (Lipinski definition) is 4. The average Bonchev–Trinajstić information content (AvgIpc) is 3.10. The Labute approximate surface area is 173 Å². The van der Waals surface area contributed by atoms with Crippen molar-refractivity contribution in [3.8, 4) is 17.2 Å². The largest absolute Gasteiger partial charge is 0.483 e. The number of benzene rings is 3. The first kappa shape index (κ1) is 19.0. The van der Waals surface area contributed by atoms with Gasteiger partial charge in [0.1, 0.15) is 11.3 Å². The number of fused-ring (bicyclic) bond motifs is 1. The van der Waals surface area contributed by atoms with E-state index < -0.39 is 0 Å². The summed E-state index contributed by atoms with van der Waals surface area (Å²) in [5, 5.41) is 3.39. The molecule has 1 aromatic heterocycles. The fourth-order valence-corrected chi connectivity index (χ4v) is 3.27. The second-order valence-electron chi connectivity index (χ2n) is 6.79. The summed E-state index contributed by atoms with van der Waals surface area (Å²) in [5.41, 5.74) is 4.73. The predicted molar refractivity (Wildman–Crippen MR) is 114 cm³/mol. The number of rotatable bonds is 5. The summed E-state index contributed by atoms with van der Waals surface area (Å²) in [6.07, 6.45) is 0. The van der Waals surface area contributed by atoms with Crippen molar-refractivity contribution >= 4 is 34.3 Å². The molecule has 4 aromatic rings. The lowest BCUT2D eigenvalue weighted by atomic mass is 10.1. The molecule has 5 nitrogen and oxygen atoms in total. The fraction of sp³-hybridized carbons (Fsp3) is 0.130. The predicted octanol–water partition coefficient (Wildman–Crippen LogP) is 5.78. The van der Waals surface area contributed by atoms with Gasteiger partial charge in [0.15, 0.2) is 12.2 Å². The first-order valence-corrected chi connectivity index (χ1v) is 9.53. The molecule has 4 rings (SSSR count). The van der Waals surface area contributed by atoms with Crippen LogP contribution in [0.25, 0.3) is 22.6 Å². The van der Waals surface area contributed by atoms with Gasteiger partial charge in [-0.3, -0.25) is 4.79 Å². The summed E-state index contributed by atoms with van der Waals surface area (Å²) in [6.45, 7) is 3.89. The Balaban J connectivity index is 1.46. The maximum absolute atomic E-state index is 12.3. The zero-order valence-corrected chi connectivity index (χ0v) is 16.8. The van der Waals surface area contributed by atoms with E-state index >= 15 is 0 Å². The van der Waals surface area contributed by atoms with Gasteiger partial charge in [-0.15, -0.1) is 0 Å². The monoisotopic (exact) mass is 406 g/mol. The smallest absolute Gasteiger partial charge is 0.262 e. The van der Waals surface area contributed by atoms with Crippen LogP contribution in [-0.4, -0.2) is 17.5 Å². The molecule has 0 atom stereocenters. The molecule has 0 aliphatic heterocycles. The van der Waals surface area contributed by atoms with Gasteiger partial charge in [-0.2, -0.15) is 0 Å². The van der Waals surface area contributed by atoms with Crippen molar-refractivity contribution in [3.05, 3.63) is 76.8 Å². The second-order valence-corrected chi connectivity index (χ2v) is 7.19. The van der Waals surface area contributed by atoms with E-state index in [2.05, 4.69) is 10.3 Å². The van der Waals surface area contributed by atoms with Crippen molar-refractivity contribution in [3.63, 3.8) is 0 Å². The number of aromatic nitrogens is 1. The van der Waals surface area contributed by atoms with Crippen LogP contribution in [0.2, 0.25) is 5.02 Å². The van der Waals surface area contributed by atoms with Crippen molar-refractivity contribution in [1.82, 2.24) is 4.98 Å². The maximum Gasteiger partial charge on any atom is 0.262 e. The van der Waals surface area contributed by atoms with Crippen molar-refractivity contribution in [2.24, 2.45) is 0 Å². The highest BCUT2D eigenvalue weighted by Crippen LogP contribution is 2.30. The van der Waals surface area contributed by atoms with Crippen molar-refractivity contribution in [1.29, 1.82) is 0 Å². The lowest BCUT2D eigenvalue weighted by molar-refractivity contribution is -0.118. The molecule has 0 aliphatic carbocycles. The van der Waals surface area contributed by atoms with Crippen LogP contribution < -0.4 is 10.1 Å². The van der Waals surface area contributed by atoms with E-state index in [4.69, 9.17) is 20.8 Å². The van der Waals surface area contributed by atoms with Crippen LogP contribution in [0, 0.1) is 13.8 Å². The molecule has 3 aromatic carbocycles. The van der Waals surface area contributed by atoms with Crippen LogP contribution in [0.15, 0.2) is 65.1 Å². The number of nitrogens with zero attached hydrogens (tertiary/aromatic N) is 1. The number of amides is 1. The topological polar surface area (TPSA) is 64.4 Å². The molecule has 0 fully saturated rings. The van der Waals surface area contributed by atoms with Gasteiger partial charge in [-0.1, -0.05) is 41.4 Å². The molecule has 0 bridgehead atoms. The minimum absolute atomic E-state index is 0.0778. The number of carbonyl (C=O) groups is 1. The van der Waals surface area contributed by atoms with Gasteiger partial charge in [-0.05, 0) is 55.8 Å². The summed E-state index contributed by atoms with van der Waals surface area (Å²) in [7, 11) is 0. The first-order valence-electron chi connectivity index (χ1n) is 9.15. The number of anilines is 1. The molecule has 1 N–H and O–H groups in total. The number of carbonyl (C=O) groups excluding carboxylic acids is 1. The van der Waals surface area contributed by atoms with Crippen molar-refractivity contribution in [2.45, 2.75) is 13.8 Å². The highest BCUT2D eigenvalue weighted by molar-refractivity contribution is 6.33.